The highest BCUT2D eigenvalue weighted by Gasteiger charge is 2.18. The maximum atomic E-state index is 12.2. The smallest absolute Gasteiger partial charge is 0.340 e. The van der Waals surface area contributed by atoms with E-state index < -0.39 is 5.97 Å². The molecule has 0 fully saturated rings. The summed E-state index contributed by atoms with van der Waals surface area (Å²) in [7, 11) is 1.57. The molecule has 1 amide bonds. The molecular formula is C17H18N2O4. The molecule has 1 heterocycles. The Morgan fingerprint density at radius 1 is 1.30 bits per heavy atom. The zero-order valence-electron chi connectivity index (χ0n) is 13.0. The van der Waals surface area contributed by atoms with Gasteiger partial charge in [0, 0.05) is 17.3 Å². The number of esters is 1. The molecule has 0 saturated heterocycles. The Bertz CT molecular complexity index is 701. The van der Waals surface area contributed by atoms with Crippen LogP contribution in [0.25, 0.3) is 11.1 Å². The number of nitrogens with zero attached hydrogens (tertiary/aromatic N) is 1. The lowest BCUT2D eigenvalue weighted by Crippen LogP contribution is -2.13. The summed E-state index contributed by atoms with van der Waals surface area (Å²) in [6, 6.07) is 9.13. The second-order valence-corrected chi connectivity index (χ2v) is 4.64. The van der Waals surface area contributed by atoms with Crippen molar-refractivity contribution in [2.75, 3.05) is 13.7 Å². The van der Waals surface area contributed by atoms with Gasteiger partial charge in [0.15, 0.2) is 0 Å². The van der Waals surface area contributed by atoms with Crippen LogP contribution in [-0.2, 0) is 16.1 Å². The summed E-state index contributed by atoms with van der Waals surface area (Å²) in [5, 5.41) is 2.56. The average Bonchev–Trinajstić information content (AvgIpc) is 2.59. The zero-order valence-corrected chi connectivity index (χ0v) is 13.0. The largest absolute Gasteiger partial charge is 0.496 e. The van der Waals surface area contributed by atoms with Crippen LogP contribution in [0.4, 0.5) is 0 Å². The quantitative estimate of drug-likeness (QED) is 0.626. The highest BCUT2D eigenvalue weighted by Crippen LogP contribution is 2.32. The number of aromatic nitrogens is 1. The van der Waals surface area contributed by atoms with Crippen molar-refractivity contribution >= 4 is 12.4 Å². The zero-order chi connectivity index (χ0) is 16.7. The van der Waals surface area contributed by atoms with Crippen molar-refractivity contribution in [3.63, 3.8) is 0 Å². The molecule has 0 radical (unpaired) electrons. The first kappa shape index (κ1) is 16.5. The van der Waals surface area contributed by atoms with Crippen molar-refractivity contribution in [2.24, 2.45) is 0 Å². The van der Waals surface area contributed by atoms with Gasteiger partial charge in [0.05, 0.1) is 31.5 Å². The molecule has 6 nitrogen and oxygen atoms in total. The molecule has 0 aliphatic rings. The maximum Gasteiger partial charge on any atom is 0.340 e. The lowest BCUT2D eigenvalue weighted by Gasteiger charge is -2.13. The number of ether oxygens (including phenoxy) is 2. The Labute approximate surface area is 134 Å². The van der Waals surface area contributed by atoms with Crippen molar-refractivity contribution < 1.29 is 19.1 Å². The molecule has 120 valence electrons. The number of carbonyl (C=O) groups is 2. The van der Waals surface area contributed by atoms with Crippen molar-refractivity contribution in [1.82, 2.24) is 10.3 Å². The minimum absolute atomic E-state index is 0.273. The first-order valence-corrected chi connectivity index (χ1v) is 7.17. The fourth-order valence-electron chi connectivity index (χ4n) is 2.20. The highest BCUT2D eigenvalue weighted by molar-refractivity contribution is 5.97. The molecule has 0 saturated carbocycles. The minimum Gasteiger partial charge on any atom is -0.496 e. The minimum atomic E-state index is -0.448. The molecule has 0 aliphatic heterocycles. The number of methoxy groups -OCH3 is 1. The van der Waals surface area contributed by atoms with Gasteiger partial charge in [0.1, 0.15) is 5.75 Å². The number of pyridine rings is 1. The van der Waals surface area contributed by atoms with E-state index in [0.29, 0.717) is 29.0 Å². The van der Waals surface area contributed by atoms with Gasteiger partial charge in [-0.05, 0) is 19.1 Å². The standard InChI is InChI=1S/C17H18N2O4/c1-3-23-17(21)15-10-19-12(9-18-11-20)8-14(15)13-6-4-5-7-16(13)22-2/h4-8,10-11H,3,9H2,1-2H3,(H,18,20). The Morgan fingerprint density at radius 3 is 2.78 bits per heavy atom. The lowest BCUT2D eigenvalue weighted by atomic mass is 9.99. The molecule has 0 aliphatic carbocycles. The van der Waals surface area contributed by atoms with E-state index in [4.69, 9.17) is 9.47 Å². The molecule has 2 rings (SSSR count). The summed E-state index contributed by atoms with van der Waals surface area (Å²) in [5.74, 6) is 0.189. The van der Waals surface area contributed by atoms with Crippen molar-refractivity contribution in [3.8, 4) is 16.9 Å². The van der Waals surface area contributed by atoms with Gasteiger partial charge >= 0.3 is 5.97 Å². The van der Waals surface area contributed by atoms with E-state index in [-0.39, 0.29) is 13.2 Å². The molecular weight excluding hydrogens is 296 g/mol. The molecule has 1 aromatic heterocycles. The molecule has 23 heavy (non-hydrogen) atoms. The van der Waals surface area contributed by atoms with Crippen LogP contribution in [0.5, 0.6) is 5.75 Å². The molecule has 0 spiro atoms. The summed E-state index contributed by atoms with van der Waals surface area (Å²) in [5.41, 5.74) is 2.39. The number of amides is 1. The number of benzene rings is 1. The number of carbonyl (C=O) groups excluding carboxylic acids is 2. The van der Waals surface area contributed by atoms with E-state index in [0.717, 1.165) is 5.56 Å². The van der Waals surface area contributed by atoms with Crippen LogP contribution >= 0.6 is 0 Å². The number of para-hydroxylation sites is 1. The third-order valence-electron chi connectivity index (χ3n) is 3.22. The van der Waals surface area contributed by atoms with Crippen LogP contribution in [0, 0.1) is 0 Å². The Morgan fingerprint density at radius 2 is 2.09 bits per heavy atom. The SMILES string of the molecule is CCOC(=O)c1cnc(CNC=O)cc1-c1ccccc1OC. The van der Waals surface area contributed by atoms with Crippen molar-refractivity contribution in [1.29, 1.82) is 0 Å². The van der Waals surface area contributed by atoms with Crippen LogP contribution < -0.4 is 10.1 Å². The normalized spacial score (nSPS) is 10.0. The van der Waals surface area contributed by atoms with Crippen LogP contribution in [0.1, 0.15) is 23.0 Å². The van der Waals surface area contributed by atoms with Crippen molar-refractivity contribution in [2.45, 2.75) is 13.5 Å². The molecule has 0 atom stereocenters. The fourth-order valence-corrected chi connectivity index (χ4v) is 2.20. The predicted molar refractivity (Wildman–Crippen MR) is 85.1 cm³/mol. The van der Waals surface area contributed by atoms with E-state index in [1.165, 1.54) is 6.20 Å². The van der Waals surface area contributed by atoms with Gasteiger partial charge < -0.3 is 14.8 Å². The molecule has 0 bridgehead atoms. The van der Waals surface area contributed by atoms with Crippen LogP contribution in [-0.4, -0.2) is 31.1 Å². The van der Waals surface area contributed by atoms with E-state index in [9.17, 15) is 9.59 Å². The molecule has 1 aromatic carbocycles. The molecule has 6 heteroatoms. The van der Waals surface area contributed by atoms with Crippen LogP contribution in [0.15, 0.2) is 36.5 Å². The summed E-state index contributed by atoms with van der Waals surface area (Å²) in [4.78, 5) is 26.8. The van der Waals surface area contributed by atoms with E-state index in [2.05, 4.69) is 10.3 Å². The second kappa shape index (κ2) is 7.93. The Balaban J connectivity index is 2.55. The van der Waals surface area contributed by atoms with Crippen LogP contribution in [0.2, 0.25) is 0 Å². The van der Waals surface area contributed by atoms with Crippen molar-refractivity contribution in [3.05, 3.63) is 47.8 Å². The summed E-state index contributed by atoms with van der Waals surface area (Å²) in [6.45, 7) is 2.30. The maximum absolute atomic E-state index is 12.2. The predicted octanol–water partition coefficient (Wildman–Crippen LogP) is 2.18. The number of nitrogens with one attached hydrogen (secondary N) is 1. The van der Waals surface area contributed by atoms with E-state index in [1.807, 2.05) is 24.3 Å². The highest BCUT2D eigenvalue weighted by atomic mass is 16.5. The Kier molecular flexibility index (Phi) is 5.68. The van der Waals surface area contributed by atoms with Gasteiger partial charge in [-0.15, -0.1) is 0 Å². The molecule has 1 N–H and O–H groups in total. The van der Waals surface area contributed by atoms with Gasteiger partial charge in [-0.1, -0.05) is 18.2 Å². The first-order valence-electron chi connectivity index (χ1n) is 7.17. The Hall–Kier alpha value is -2.89. The summed E-state index contributed by atoms with van der Waals surface area (Å²) in [6.07, 6.45) is 2.06. The number of hydrogen-bond acceptors (Lipinski definition) is 5. The number of rotatable bonds is 7. The number of hydrogen-bond donors (Lipinski definition) is 1. The molecule has 2 aromatic rings. The van der Waals surface area contributed by atoms with Gasteiger partial charge in [0.2, 0.25) is 6.41 Å². The molecule has 0 unspecified atom stereocenters. The monoisotopic (exact) mass is 314 g/mol. The summed E-state index contributed by atoms with van der Waals surface area (Å²) >= 11 is 0. The lowest BCUT2D eigenvalue weighted by molar-refractivity contribution is -0.109. The van der Waals surface area contributed by atoms with E-state index in [1.54, 1.807) is 20.1 Å². The van der Waals surface area contributed by atoms with Crippen LogP contribution in [0.3, 0.4) is 0 Å². The first-order chi connectivity index (χ1) is 11.2. The van der Waals surface area contributed by atoms with Gasteiger partial charge in [-0.25, -0.2) is 4.79 Å². The fraction of sp³-hybridized carbons (Fsp3) is 0.235. The van der Waals surface area contributed by atoms with Gasteiger partial charge in [-0.3, -0.25) is 9.78 Å². The third-order valence-corrected chi connectivity index (χ3v) is 3.22. The topological polar surface area (TPSA) is 77.5 Å². The second-order valence-electron chi connectivity index (χ2n) is 4.64. The average molecular weight is 314 g/mol. The van der Waals surface area contributed by atoms with Gasteiger partial charge in [0.25, 0.3) is 0 Å². The summed E-state index contributed by atoms with van der Waals surface area (Å²) < 4.78 is 10.5. The van der Waals surface area contributed by atoms with E-state index >= 15 is 0 Å². The third kappa shape index (κ3) is 3.85. The van der Waals surface area contributed by atoms with Gasteiger partial charge in [-0.2, -0.15) is 0 Å².